The van der Waals surface area contributed by atoms with Gasteiger partial charge in [-0.15, -0.1) is 0 Å². The predicted molar refractivity (Wildman–Crippen MR) is 233 cm³/mol. The average molecular weight is 730 g/mol. The van der Waals surface area contributed by atoms with Crippen LogP contribution in [0.3, 0.4) is 0 Å². The third kappa shape index (κ3) is 4.89. The van der Waals surface area contributed by atoms with Crippen LogP contribution >= 0.6 is 0 Å². The predicted octanol–water partition coefficient (Wildman–Crippen LogP) is 14.0. The zero-order valence-electron chi connectivity index (χ0n) is 30.6. The molecule has 0 fully saturated rings. The summed E-state index contributed by atoms with van der Waals surface area (Å²) < 4.78 is 16.0. The van der Waals surface area contributed by atoms with Gasteiger partial charge in [0.2, 0.25) is 0 Å². The summed E-state index contributed by atoms with van der Waals surface area (Å²) in [4.78, 5) is 10.2. The van der Waals surface area contributed by atoms with Crippen LogP contribution in [0.5, 0.6) is 0 Å². The van der Waals surface area contributed by atoms with Crippen LogP contribution in [0, 0.1) is 0 Å². The van der Waals surface area contributed by atoms with E-state index in [-0.39, 0.29) is 0 Å². The van der Waals surface area contributed by atoms with Gasteiger partial charge in [0.15, 0.2) is 11.4 Å². The summed E-state index contributed by atoms with van der Waals surface area (Å²) in [7, 11) is 0. The molecule has 0 saturated carbocycles. The number of furan rings is 2. The molecule has 0 atom stereocenters. The van der Waals surface area contributed by atoms with E-state index in [1.165, 1.54) is 0 Å². The molecular formula is C52H31N3O2. The third-order valence-corrected chi connectivity index (χ3v) is 11.2. The molecule has 0 unspecified atom stereocenters. The summed E-state index contributed by atoms with van der Waals surface area (Å²) in [6, 6.07) is 65.3. The van der Waals surface area contributed by atoms with Gasteiger partial charge in [0.1, 0.15) is 16.7 Å². The normalized spacial score (nSPS) is 11.9. The number of hydrogen-bond acceptors (Lipinski definition) is 4. The van der Waals surface area contributed by atoms with Crippen LogP contribution < -0.4 is 0 Å². The molecule has 0 aliphatic heterocycles. The van der Waals surface area contributed by atoms with Crippen molar-refractivity contribution < 1.29 is 8.83 Å². The summed E-state index contributed by atoms with van der Waals surface area (Å²) in [6.45, 7) is 0. The lowest BCUT2D eigenvalue weighted by Crippen LogP contribution is -1.96. The second kappa shape index (κ2) is 12.4. The van der Waals surface area contributed by atoms with Gasteiger partial charge in [0.05, 0.1) is 22.4 Å². The van der Waals surface area contributed by atoms with Crippen molar-refractivity contribution in [3.8, 4) is 50.7 Å². The van der Waals surface area contributed by atoms with E-state index in [1.54, 1.807) is 0 Å². The molecule has 0 aliphatic rings. The Morgan fingerprint density at radius 1 is 0.368 bits per heavy atom. The highest BCUT2D eigenvalue weighted by Gasteiger charge is 2.22. The number of benzene rings is 8. The van der Waals surface area contributed by atoms with Gasteiger partial charge in [-0.1, -0.05) is 140 Å². The van der Waals surface area contributed by atoms with Crippen molar-refractivity contribution in [2.24, 2.45) is 0 Å². The molecule has 0 bridgehead atoms. The Morgan fingerprint density at radius 2 is 0.982 bits per heavy atom. The monoisotopic (exact) mass is 729 g/mol. The van der Waals surface area contributed by atoms with Crippen molar-refractivity contribution in [2.45, 2.75) is 0 Å². The van der Waals surface area contributed by atoms with Gasteiger partial charge >= 0.3 is 0 Å². The molecule has 0 spiro atoms. The standard InChI is InChI=1S/C52H31N3O2/c1-4-14-32(15-5-1)44-31-45(54-52(53-44)33-16-6-2-7-17-33)42-24-13-23-40-39-22-12-21-36(49(39)57-50(40)42)34-26-29-46-43(30-34)38-27-28-41-37-20-10-11-25-47(37)56-51(41)48(38)55(46)35-18-8-3-9-19-35/h1-31H. The Kier molecular flexibility index (Phi) is 6.86. The molecule has 57 heavy (non-hydrogen) atoms. The number of aromatic nitrogens is 3. The summed E-state index contributed by atoms with van der Waals surface area (Å²) in [5, 5.41) is 6.60. The minimum absolute atomic E-state index is 0.670. The molecule has 12 rings (SSSR count). The number of rotatable bonds is 5. The van der Waals surface area contributed by atoms with Crippen LogP contribution in [0.4, 0.5) is 0 Å². The lowest BCUT2D eigenvalue weighted by Gasteiger charge is -2.09. The average Bonchev–Trinajstić information content (AvgIpc) is 3.97. The molecule has 266 valence electrons. The Labute approximate surface area is 326 Å². The van der Waals surface area contributed by atoms with Gasteiger partial charge in [-0.25, -0.2) is 9.97 Å². The minimum atomic E-state index is 0.670. The first-order valence-electron chi connectivity index (χ1n) is 19.2. The van der Waals surface area contributed by atoms with Gasteiger partial charge in [-0.05, 0) is 54.1 Å². The Bertz CT molecular complexity index is 3450. The lowest BCUT2D eigenvalue weighted by molar-refractivity contribution is 0.670. The van der Waals surface area contributed by atoms with Crippen molar-refractivity contribution in [3.63, 3.8) is 0 Å². The van der Waals surface area contributed by atoms with Crippen LogP contribution in [0.1, 0.15) is 0 Å². The zero-order chi connectivity index (χ0) is 37.5. The molecule has 0 aliphatic carbocycles. The summed E-state index contributed by atoms with van der Waals surface area (Å²) in [5.41, 5.74) is 13.3. The largest absolute Gasteiger partial charge is 0.455 e. The number of fused-ring (bicyclic) bond motifs is 10. The number of para-hydroxylation sites is 4. The van der Waals surface area contributed by atoms with E-state index in [4.69, 9.17) is 18.8 Å². The fraction of sp³-hybridized carbons (Fsp3) is 0. The van der Waals surface area contributed by atoms with Gasteiger partial charge < -0.3 is 13.4 Å². The Balaban J connectivity index is 1.07. The Hall–Kier alpha value is -7.76. The first-order valence-corrected chi connectivity index (χ1v) is 19.2. The lowest BCUT2D eigenvalue weighted by atomic mass is 9.99. The molecule has 0 radical (unpaired) electrons. The first kappa shape index (κ1) is 31.6. The molecule has 8 aromatic carbocycles. The van der Waals surface area contributed by atoms with Crippen molar-refractivity contribution in [2.75, 3.05) is 0 Å². The minimum Gasteiger partial charge on any atom is -0.455 e. The molecular weight excluding hydrogens is 699 g/mol. The summed E-state index contributed by atoms with van der Waals surface area (Å²) >= 11 is 0. The van der Waals surface area contributed by atoms with Gasteiger partial charge in [0.25, 0.3) is 0 Å². The van der Waals surface area contributed by atoms with Crippen molar-refractivity contribution >= 4 is 65.7 Å². The van der Waals surface area contributed by atoms with E-state index in [9.17, 15) is 0 Å². The highest BCUT2D eigenvalue weighted by atomic mass is 16.3. The fourth-order valence-corrected chi connectivity index (χ4v) is 8.60. The zero-order valence-corrected chi connectivity index (χ0v) is 30.6. The molecule has 5 heteroatoms. The Morgan fingerprint density at radius 3 is 1.77 bits per heavy atom. The van der Waals surface area contributed by atoms with Crippen molar-refractivity contribution in [1.82, 2.24) is 14.5 Å². The van der Waals surface area contributed by atoms with Crippen LogP contribution in [-0.2, 0) is 0 Å². The van der Waals surface area contributed by atoms with Crippen molar-refractivity contribution in [1.29, 1.82) is 0 Å². The van der Waals surface area contributed by atoms with Gasteiger partial charge in [0, 0.05) is 60.3 Å². The molecule has 0 N–H and O–H groups in total. The SMILES string of the molecule is c1ccc(-c2cc(-c3cccc4c3oc3c(-c5ccc6c(c5)c5ccc7c8ccccc8oc7c5n6-c5ccccc5)cccc34)nc(-c3ccccc3)n2)cc1. The van der Waals surface area contributed by atoms with Gasteiger partial charge in [-0.3, -0.25) is 0 Å². The van der Waals surface area contributed by atoms with Crippen LogP contribution in [0.2, 0.25) is 0 Å². The molecule has 4 heterocycles. The van der Waals surface area contributed by atoms with E-state index in [0.29, 0.717) is 5.82 Å². The van der Waals surface area contributed by atoms with E-state index in [0.717, 1.165) is 111 Å². The van der Waals surface area contributed by atoms with Crippen molar-refractivity contribution in [3.05, 3.63) is 188 Å². The van der Waals surface area contributed by atoms with Gasteiger partial charge in [-0.2, -0.15) is 0 Å². The maximum Gasteiger partial charge on any atom is 0.160 e. The van der Waals surface area contributed by atoms with Crippen LogP contribution in [0.25, 0.3) is 116 Å². The second-order valence-electron chi connectivity index (χ2n) is 14.5. The quantitative estimate of drug-likeness (QED) is 0.177. The van der Waals surface area contributed by atoms with Crippen LogP contribution in [-0.4, -0.2) is 14.5 Å². The smallest absolute Gasteiger partial charge is 0.160 e. The second-order valence-corrected chi connectivity index (χ2v) is 14.5. The van der Waals surface area contributed by atoms with E-state index in [2.05, 4.69) is 144 Å². The summed E-state index contributed by atoms with van der Waals surface area (Å²) in [5.74, 6) is 0.670. The summed E-state index contributed by atoms with van der Waals surface area (Å²) in [6.07, 6.45) is 0. The van der Waals surface area contributed by atoms with E-state index < -0.39 is 0 Å². The molecule has 5 nitrogen and oxygen atoms in total. The van der Waals surface area contributed by atoms with Crippen LogP contribution in [0.15, 0.2) is 197 Å². The molecule has 4 aromatic heterocycles. The number of nitrogens with zero attached hydrogens (tertiary/aromatic N) is 3. The topological polar surface area (TPSA) is 57.0 Å². The molecule has 0 amide bonds. The highest BCUT2D eigenvalue weighted by molar-refractivity contribution is 6.22. The third-order valence-electron chi connectivity index (χ3n) is 11.2. The molecule has 12 aromatic rings. The van der Waals surface area contributed by atoms with E-state index >= 15 is 0 Å². The number of hydrogen-bond donors (Lipinski definition) is 0. The first-order chi connectivity index (χ1) is 28.3. The highest BCUT2D eigenvalue weighted by Crippen LogP contribution is 2.44. The molecule has 0 saturated heterocycles. The maximum absolute atomic E-state index is 7.00. The van der Waals surface area contributed by atoms with E-state index in [1.807, 2.05) is 48.5 Å². The maximum atomic E-state index is 7.00. The fourth-order valence-electron chi connectivity index (χ4n) is 8.60.